The zero-order valence-electron chi connectivity index (χ0n) is 14.8. The average Bonchev–Trinajstić information content (AvgIpc) is 2.98. The number of nitrogens with zero attached hydrogens (tertiary/aromatic N) is 3. The van der Waals surface area contributed by atoms with Crippen molar-refractivity contribution < 1.29 is 9.84 Å². The molecule has 0 aliphatic heterocycles. The lowest BCUT2D eigenvalue weighted by Gasteiger charge is -2.14. The lowest BCUT2D eigenvalue weighted by atomic mass is 9.95. The van der Waals surface area contributed by atoms with Crippen LogP contribution in [0.25, 0.3) is 16.8 Å². The molecule has 2 heterocycles. The molecule has 0 aliphatic carbocycles. The maximum Gasteiger partial charge on any atom is 0.163 e. The minimum atomic E-state index is -0.0337. The van der Waals surface area contributed by atoms with Crippen molar-refractivity contribution in [1.29, 1.82) is 0 Å². The molecule has 0 aliphatic rings. The lowest BCUT2D eigenvalue weighted by Crippen LogP contribution is -1.98. The topological polar surface area (TPSA) is 59.7 Å². The van der Waals surface area contributed by atoms with E-state index in [0.717, 1.165) is 45.0 Å². The number of benzene rings is 1. The van der Waals surface area contributed by atoms with Gasteiger partial charge < -0.3 is 9.84 Å². The van der Waals surface area contributed by atoms with Gasteiger partial charge in [0.2, 0.25) is 0 Å². The molecule has 0 spiro atoms. The van der Waals surface area contributed by atoms with Gasteiger partial charge in [0.15, 0.2) is 11.5 Å². The van der Waals surface area contributed by atoms with Crippen molar-refractivity contribution in [1.82, 2.24) is 14.6 Å². The van der Waals surface area contributed by atoms with Crippen LogP contribution in [0.1, 0.15) is 42.3 Å². The molecule has 0 bridgehead atoms. The minimum Gasteiger partial charge on any atom is -0.497 e. The molecule has 0 radical (unpaired) electrons. The Morgan fingerprint density at radius 3 is 2.38 bits per heavy atom. The largest absolute Gasteiger partial charge is 0.497 e. The first-order chi connectivity index (χ1) is 11.4. The van der Waals surface area contributed by atoms with E-state index in [1.807, 2.05) is 24.4 Å². The summed E-state index contributed by atoms with van der Waals surface area (Å²) in [6, 6.07) is 6.03. The third-order valence-corrected chi connectivity index (χ3v) is 4.22. The first-order valence-corrected chi connectivity index (χ1v) is 8.10. The summed E-state index contributed by atoms with van der Waals surface area (Å²) in [5, 5.41) is 14.2. The summed E-state index contributed by atoms with van der Waals surface area (Å²) in [5.41, 5.74) is 5.94. The summed E-state index contributed by atoms with van der Waals surface area (Å²) >= 11 is 0. The third-order valence-electron chi connectivity index (χ3n) is 4.22. The second-order valence-electron chi connectivity index (χ2n) is 6.45. The average molecular weight is 325 g/mol. The van der Waals surface area contributed by atoms with Crippen LogP contribution in [0.3, 0.4) is 0 Å². The molecule has 0 atom stereocenters. The van der Waals surface area contributed by atoms with E-state index >= 15 is 0 Å². The first kappa shape index (κ1) is 16.5. The lowest BCUT2D eigenvalue weighted by molar-refractivity contribution is 0.281. The van der Waals surface area contributed by atoms with E-state index in [-0.39, 0.29) is 12.5 Å². The molecule has 24 heavy (non-hydrogen) atoms. The van der Waals surface area contributed by atoms with Crippen LogP contribution in [-0.2, 0) is 6.61 Å². The van der Waals surface area contributed by atoms with Crippen molar-refractivity contribution in [3.8, 4) is 16.9 Å². The fourth-order valence-electron chi connectivity index (χ4n) is 3.04. The predicted molar refractivity (Wildman–Crippen MR) is 94.5 cm³/mol. The van der Waals surface area contributed by atoms with Crippen molar-refractivity contribution in [3.63, 3.8) is 0 Å². The molecule has 2 aromatic heterocycles. The third kappa shape index (κ3) is 2.76. The molecule has 5 heteroatoms. The molecular weight excluding hydrogens is 302 g/mol. The number of rotatable bonds is 4. The van der Waals surface area contributed by atoms with Crippen molar-refractivity contribution in [2.75, 3.05) is 7.11 Å². The second kappa shape index (κ2) is 6.24. The maximum absolute atomic E-state index is 9.62. The summed E-state index contributed by atoms with van der Waals surface area (Å²) in [6.07, 6.45) is 1.84. The Morgan fingerprint density at radius 2 is 1.83 bits per heavy atom. The minimum absolute atomic E-state index is 0.0337. The molecule has 0 saturated carbocycles. The van der Waals surface area contributed by atoms with Crippen LogP contribution < -0.4 is 4.74 Å². The summed E-state index contributed by atoms with van der Waals surface area (Å²) in [4.78, 5) is 4.73. The highest BCUT2D eigenvalue weighted by Gasteiger charge is 2.17. The first-order valence-electron chi connectivity index (χ1n) is 8.10. The van der Waals surface area contributed by atoms with Crippen LogP contribution in [0, 0.1) is 13.8 Å². The van der Waals surface area contributed by atoms with Gasteiger partial charge in [0.25, 0.3) is 0 Å². The molecule has 1 aromatic carbocycles. The van der Waals surface area contributed by atoms with Gasteiger partial charge in [0.1, 0.15) is 5.75 Å². The molecule has 5 nitrogen and oxygen atoms in total. The highest BCUT2D eigenvalue weighted by atomic mass is 16.5. The van der Waals surface area contributed by atoms with Crippen LogP contribution in [-0.4, -0.2) is 26.8 Å². The molecule has 0 fully saturated rings. The quantitative estimate of drug-likeness (QED) is 0.795. The number of methoxy groups -OCH3 is 1. The standard InChI is InChI=1S/C19H23N3O2/c1-11(2)18-20-19-16(8-14(10-23)9-22(19)21-18)17-12(3)6-15(24-5)7-13(17)4/h6-9,11,23H,10H2,1-5H3. The molecule has 1 N–H and O–H groups in total. The smallest absolute Gasteiger partial charge is 0.163 e. The Bertz CT molecular complexity index is 874. The number of aryl methyl sites for hydroxylation is 2. The van der Waals surface area contributed by atoms with Crippen LogP contribution in [0.15, 0.2) is 24.4 Å². The zero-order valence-corrected chi connectivity index (χ0v) is 14.8. The molecule has 3 aromatic rings. The number of hydrogen-bond acceptors (Lipinski definition) is 4. The van der Waals surface area contributed by atoms with Crippen molar-refractivity contribution in [2.24, 2.45) is 0 Å². The van der Waals surface area contributed by atoms with Crippen LogP contribution in [0.4, 0.5) is 0 Å². The Kier molecular flexibility index (Phi) is 4.28. The monoisotopic (exact) mass is 325 g/mol. The van der Waals surface area contributed by atoms with Gasteiger partial charge in [-0.1, -0.05) is 13.8 Å². The molecule has 0 saturated heterocycles. The Balaban J connectivity index is 2.32. The summed E-state index contributed by atoms with van der Waals surface area (Å²) in [5.74, 6) is 1.89. The predicted octanol–water partition coefficient (Wildman–Crippen LogP) is 3.64. The van der Waals surface area contributed by atoms with Gasteiger partial charge in [-0.2, -0.15) is 5.10 Å². The van der Waals surface area contributed by atoms with E-state index in [1.165, 1.54) is 0 Å². The van der Waals surface area contributed by atoms with Crippen molar-refractivity contribution in [3.05, 3.63) is 46.9 Å². The SMILES string of the molecule is COc1cc(C)c(-c2cc(CO)cn3nc(C(C)C)nc23)c(C)c1. The number of fused-ring (bicyclic) bond motifs is 1. The van der Waals surface area contributed by atoms with Gasteiger partial charge in [0.05, 0.1) is 13.7 Å². The maximum atomic E-state index is 9.62. The highest BCUT2D eigenvalue weighted by molar-refractivity contribution is 5.82. The summed E-state index contributed by atoms with van der Waals surface area (Å²) in [7, 11) is 1.67. The number of ether oxygens (including phenoxy) is 1. The number of aromatic nitrogens is 3. The number of aliphatic hydroxyl groups is 1. The van der Waals surface area contributed by atoms with Crippen LogP contribution in [0.2, 0.25) is 0 Å². The van der Waals surface area contributed by atoms with E-state index in [2.05, 4.69) is 32.8 Å². The fraction of sp³-hybridized carbons (Fsp3) is 0.368. The highest BCUT2D eigenvalue weighted by Crippen LogP contribution is 2.34. The van der Waals surface area contributed by atoms with E-state index in [9.17, 15) is 5.11 Å². The van der Waals surface area contributed by atoms with Crippen LogP contribution in [0.5, 0.6) is 5.75 Å². The number of hydrogen-bond donors (Lipinski definition) is 1. The van der Waals surface area contributed by atoms with E-state index in [0.29, 0.717) is 0 Å². The number of aliphatic hydroxyl groups excluding tert-OH is 1. The fourth-order valence-corrected chi connectivity index (χ4v) is 3.04. The zero-order chi connectivity index (χ0) is 17.4. The molecular formula is C19H23N3O2. The second-order valence-corrected chi connectivity index (χ2v) is 6.45. The Hall–Kier alpha value is -2.40. The number of pyridine rings is 1. The molecule has 0 unspecified atom stereocenters. The van der Waals surface area contributed by atoms with E-state index < -0.39 is 0 Å². The van der Waals surface area contributed by atoms with Gasteiger partial charge >= 0.3 is 0 Å². The normalized spacial score (nSPS) is 11.5. The van der Waals surface area contributed by atoms with Gasteiger partial charge in [-0.15, -0.1) is 0 Å². The van der Waals surface area contributed by atoms with Crippen molar-refractivity contribution >= 4 is 5.65 Å². The van der Waals surface area contributed by atoms with Gasteiger partial charge in [-0.05, 0) is 54.3 Å². The molecule has 126 valence electrons. The van der Waals surface area contributed by atoms with Gasteiger partial charge in [-0.25, -0.2) is 9.50 Å². The molecule has 0 amide bonds. The van der Waals surface area contributed by atoms with Gasteiger partial charge in [-0.3, -0.25) is 0 Å². The van der Waals surface area contributed by atoms with E-state index in [4.69, 9.17) is 9.72 Å². The Labute approximate surface area is 141 Å². The summed E-state index contributed by atoms with van der Waals surface area (Å²) < 4.78 is 7.14. The van der Waals surface area contributed by atoms with Gasteiger partial charge in [0, 0.05) is 17.7 Å². The Morgan fingerprint density at radius 1 is 1.17 bits per heavy atom. The van der Waals surface area contributed by atoms with Crippen molar-refractivity contribution in [2.45, 2.75) is 40.2 Å². The van der Waals surface area contributed by atoms with Crippen LogP contribution >= 0.6 is 0 Å². The van der Waals surface area contributed by atoms with E-state index in [1.54, 1.807) is 11.6 Å². The summed E-state index contributed by atoms with van der Waals surface area (Å²) in [6.45, 7) is 8.24. The molecule has 3 rings (SSSR count).